The Kier molecular flexibility index (Phi) is 10.9. The van der Waals surface area contributed by atoms with Crippen molar-refractivity contribution in [3.63, 3.8) is 0 Å². The quantitative estimate of drug-likeness (QED) is 0.175. The summed E-state index contributed by atoms with van der Waals surface area (Å²) in [5.74, 6) is -2.19. The second kappa shape index (κ2) is 15.9. The van der Waals surface area contributed by atoms with Crippen LogP contribution in [0.25, 0.3) is 22.2 Å². The molecule has 12 nitrogen and oxygen atoms in total. The smallest absolute Gasteiger partial charge is 0.297 e. The van der Waals surface area contributed by atoms with E-state index in [1.165, 1.54) is 0 Å². The van der Waals surface area contributed by atoms with Gasteiger partial charge < -0.3 is 15.0 Å². The van der Waals surface area contributed by atoms with Crippen LogP contribution in [-0.2, 0) is 30.8 Å². The number of carbonyl (C=O) groups excluding carboxylic acids is 3. The van der Waals surface area contributed by atoms with Crippen LogP contribution in [0.15, 0.2) is 84.9 Å². The zero-order chi connectivity index (χ0) is 41.5. The van der Waals surface area contributed by atoms with Crippen molar-refractivity contribution in [1.82, 2.24) is 24.5 Å². The first kappa shape index (κ1) is 40.3. The molecule has 3 fully saturated rings. The molecule has 1 aromatic heterocycles. The van der Waals surface area contributed by atoms with E-state index in [9.17, 15) is 28.1 Å². The number of sulfonamides is 1. The molecule has 4 aliphatic rings. The first-order chi connectivity index (χ1) is 28.3. The van der Waals surface area contributed by atoms with E-state index in [0.717, 1.165) is 53.4 Å². The highest BCUT2D eigenvalue weighted by Crippen LogP contribution is 2.48. The molecule has 5 atom stereocenters. The van der Waals surface area contributed by atoms with Crippen LogP contribution in [0.3, 0.4) is 0 Å². The highest BCUT2D eigenvalue weighted by molar-refractivity contribution is 7.91. The van der Waals surface area contributed by atoms with Crippen molar-refractivity contribution in [3.05, 3.63) is 96.1 Å². The predicted octanol–water partition coefficient (Wildman–Crippen LogP) is 6.76. The lowest BCUT2D eigenvalue weighted by Crippen LogP contribution is -2.57. The largest absolute Gasteiger partial charge is 0.459 e. The Morgan fingerprint density at radius 2 is 1.80 bits per heavy atom. The number of aromatic nitrogens is 2. The summed E-state index contributed by atoms with van der Waals surface area (Å²) in [6, 6.07) is 24.7. The van der Waals surface area contributed by atoms with Crippen LogP contribution in [0.2, 0.25) is 0 Å². The molecule has 308 valence electrons. The molecule has 13 heteroatoms. The Morgan fingerprint density at radius 1 is 1.03 bits per heavy atom. The summed E-state index contributed by atoms with van der Waals surface area (Å²) in [6.07, 6.45) is 9.26. The Hall–Kier alpha value is -5.48. The number of benzene rings is 3. The molecule has 0 bridgehead atoms. The van der Waals surface area contributed by atoms with Crippen LogP contribution in [0.1, 0.15) is 95.7 Å². The second-order valence-corrected chi connectivity index (χ2v) is 19.5. The van der Waals surface area contributed by atoms with Gasteiger partial charge in [-0.15, -0.1) is 0 Å². The van der Waals surface area contributed by atoms with Gasteiger partial charge in [-0.3, -0.25) is 23.7 Å². The monoisotopic (exact) mass is 816 g/mol. The predicted molar refractivity (Wildman–Crippen MR) is 224 cm³/mol. The highest BCUT2D eigenvalue weighted by atomic mass is 32.2. The number of ether oxygens (including phenoxy) is 1. The second-order valence-electron chi connectivity index (χ2n) is 17.3. The summed E-state index contributed by atoms with van der Waals surface area (Å²) >= 11 is 0. The van der Waals surface area contributed by atoms with Crippen molar-refractivity contribution < 1.29 is 27.5 Å². The molecule has 59 heavy (non-hydrogen) atoms. The number of amides is 3. The van der Waals surface area contributed by atoms with Crippen LogP contribution in [-0.4, -0.2) is 69.6 Å². The third-order valence-corrected chi connectivity index (χ3v) is 14.9. The van der Waals surface area contributed by atoms with E-state index in [1.807, 2.05) is 91.2 Å². The molecule has 2 N–H and O–H groups in total. The fourth-order valence-electron chi connectivity index (χ4n) is 8.76. The Morgan fingerprint density at radius 3 is 2.51 bits per heavy atom. The first-order valence-corrected chi connectivity index (χ1v) is 22.4. The normalized spacial score (nSPS) is 26.1. The number of carbonyl (C=O) groups is 3. The van der Waals surface area contributed by atoms with E-state index in [2.05, 4.69) is 16.1 Å². The van der Waals surface area contributed by atoms with Gasteiger partial charge >= 0.3 is 0 Å². The van der Waals surface area contributed by atoms with E-state index < -0.39 is 56.1 Å². The zero-order valence-electron chi connectivity index (χ0n) is 33.9. The Bertz CT molecular complexity index is 2430. The van der Waals surface area contributed by atoms with E-state index in [1.54, 1.807) is 24.0 Å². The minimum atomic E-state index is -3.96. The molecule has 0 unspecified atom stereocenters. The van der Waals surface area contributed by atoms with Gasteiger partial charge in [-0.1, -0.05) is 79.6 Å². The van der Waals surface area contributed by atoms with Gasteiger partial charge in [0.2, 0.25) is 21.8 Å². The van der Waals surface area contributed by atoms with Crippen molar-refractivity contribution >= 4 is 38.8 Å². The van der Waals surface area contributed by atoms with Crippen molar-refractivity contribution in [2.45, 2.75) is 113 Å². The van der Waals surface area contributed by atoms with E-state index in [0.29, 0.717) is 37.3 Å². The number of hydrogen-bond donors (Lipinski definition) is 2. The van der Waals surface area contributed by atoms with Gasteiger partial charge in [-0.25, -0.2) is 8.42 Å². The lowest BCUT2D eigenvalue weighted by Gasteiger charge is -2.30. The van der Waals surface area contributed by atoms with Crippen LogP contribution in [0.4, 0.5) is 0 Å². The van der Waals surface area contributed by atoms with E-state index in [-0.39, 0.29) is 31.3 Å². The summed E-state index contributed by atoms with van der Waals surface area (Å²) < 4.78 is 36.6. The van der Waals surface area contributed by atoms with Gasteiger partial charge in [0, 0.05) is 29.9 Å². The number of hydrogen-bond acceptors (Lipinski definition) is 8. The Labute approximate surface area is 346 Å². The summed E-state index contributed by atoms with van der Waals surface area (Å²) in [4.78, 5) is 50.2. The van der Waals surface area contributed by atoms with Crippen LogP contribution in [0, 0.1) is 23.2 Å². The van der Waals surface area contributed by atoms with Crippen LogP contribution >= 0.6 is 0 Å². The number of rotatable bonds is 9. The maximum Gasteiger partial charge on any atom is 0.297 e. The maximum atomic E-state index is 14.9. The minimum Gasteiger partial charge on any atom is -0.459 e. The van der Waals surface area contributed by atoms with Crippen molar-refractivity contribution in [1.29, 1.82) is 5.26 Å². The van der Waals surface area contributed by atoms with Crippen molar-refractivity contribution in [2.75, 3.05) is 6.54 Å². The molecular formula is C46H52N6O6S. The van der Waals surface area contributed by atoms with Gasteiger partial charge in [-0.05, 0) is 95.0 Å². The summed E-state index contributed by atoms with van der Waals surface area (Å²) in [5, 5.41) is 12.4. The number of allylic oxidation sites excluding steroid dienone is 1. The van der Waals surface area contributed by atoms with Gasteiger partial charge in [0.1, 0.15) is 23.2 Å². The molecule has 4 aromatic rings. The number of nitriles is 1. The average molecular weight is 817 g/mol. The zero-order valence-corrected chi connectivity index (χ0v) is 34.7. The third kappa shape index (κ3) is 7.99. The lowest BCUT2D eigenvalue weighted by atomic mass is 9.92. The third-order valence-electron chi connectivity index (χ3n) is 12.7. The molecule has 1 saturated heterocycles. The standard InChI is InChI=1S/C46H52N6O6S/c1-30(2)52-38-18-12-17-37(33-21-19-32(28-47)20-22-33)40(38)48-44(52)58-36-26-39-41(53)49-46(43(55)50-59(56,57)45(3)23-24-45)27-35(46)16-11-6-4-5-10-15-34(42(54)51(39)29-36)25-31-13-8-7-9-14-31/h7-9,11-14,16-22,30,34-36,39H,4-6,10,15,23-27,29H2,1-3H3,(H,49,53)(H,50,55)/b16-11-/t34-,35+,36-,39+,46-/m1/s1. The van der Waals surface area contributed by atoms with E-state index >= 15 is 0 Å². The summed E-state index contributed by atoms with van der Waals surface area (Å²) in [6.45, 7) is 5.83. The van der Waals surface area contributed by atoms with Gasteiger partial charge in [-0.2, -0.15) is 10.2 Å². The van der Waals surface area contributed by atoms with Crippen LogP contribution < -0.4 is 14.8 Å². The average Bonchev–Trinajstić information content (AvgIpc) is 4.04. The lowest BCUT2D eigenvalue weighted by molar-refractivity contribution is -0.142. The van der Waals surface area contributed by atoms with Gasteiger partial charge in [0.15, 0.2) is 0 Å². The molecule has 8 rings (SSSR count). The minimum absolute atomic E-state index is 0.0503. The number of imidazole rings is 1. The van der Waals surface area contributed by atoms with Crippen molar-refractivity contribution in [3.8, 4) is 23.2 Å². The summed E-state index contributed by atoms with van der Waals surface area (Å²) in [7, 11) is -3.96. The molecule has 0 radical (unpaired) electrons. The SMILES string of the molecule is CC(C)n1c(O[C@@H]2C[C@H]3C(=O)N[C@]4(C(=O)NS(=O)(=O)C5(C)CC5)C[C@@H]4/C=C\CCCCC[C@H](Cc4ccccc4)C(=O)N3C2)nc2c(-c3ccc(C#N)cc3)cccc21. The van der Waals surface area contributed by atoms with Crippen LogP contribution in [0.5, 0.6) is 6.01 Å². The number of fused-ring (bicyclic) bond motifs is 3. The fourth-order valence-corrected chi connectivity index (χ4v) is 10.1. The molecule has 3 aromatic carbocycles. The number of para-hydroxylation sites is 1. The molecule has 3 heterocycles. The van der Waals surface area contributed by atoms with Gasteiger partial charge in [0.05, 0.1) is 28.4 Å². The molecule has 2 aliphatic carbocycles. The maximum absolute atomic E-state index is 14.9. The van der Waals surface area contributed by atoms with Gasteiger partial charge in [0.25, 0.3) is 11.9 Å². The van der Waals surface area contributed by atoms with E-state index in [4.69, 9.17) is 9.72 Å². The number of nitrogens with zero attached hydrogens (tertiary/aromatic N) is 4. The molecule has 3 amide bonds. The summed E-state index contributed by atoms with van der Waals surface area (Å²) in [5.41, 5.74) is 3.49. The molecule has 0 spiro atoms. The molecular weight excluding hydrogens is 765 g/mol. The topological polar surface area (TPSA) is 163 Å². The highest BCUT2D eigenvalue weighted by Gasteiger charge is 2.63. The fraction of sp³-hybridized carbons (Fsp3) is 0.457. The number of nitrogens with one attached hydrogen (secondary N) is 2. The Balaban J connectivity index is 1.13. The molecule has 2 aliphatic heterocycles. The first-order valence-electron chi connectivity index (χ1n) is 20.9. The van der Waals surface area contributed by atoms with Crippen molar-refractivity contribution in [2.24, 2.45) is 11.8 Å². The molecule has 2 saturated carbocycles.